The smallest absolute Gasteiger partial charge is 0.177 e. The van der Waals surface area contributed by atoms with Crippen LogP contribution in [-0.2, 0) is 0 Å². The van der Waals surface area contributed by atoms with E-state index in [0.29, 0.717) is 6.04 Å². The van der Waals surface area contributed by atoms with Gasteiger partial charge in [0.15, 0.2) is 4.77 Å². The lowest BCUT2D eigenvalue weighted by Gasteiger charge is -2.19. The minimum absolute atomic E-state index is 0.550. The first-order valence-electron chi connectivity index (χ1n) is 7.61. The van der Waals surface area contributed by atoms with E-state index in [0.717, 1.165) is 10.7 Å². The van der Waals surface area contributed by atoms with E-state index in [9.17, 15) is 0 Å². The second-order valence-electron chi connectivity index (χ2n) is 5.98. The van der Waals surface area contributed by atoms with Gasteiger partial charge in [0, 0.05) is 12.2 Å². The molecule has 2 nitrogen and oxygen atoms in total. The van der Waals surface area contributed by atoms with Crippen molar-refractivity contribution in [1.29, 1.82) is 0 Å². The summed E-state index contributed by atoms with van der Waals surface area (Å²) in [5, 5.41) is 0. The molecule has 2 unspecified atom stereocenters. The van der Waals surface area contributed by atoms with Gasteiger partial charge in [0.1, 0.15) is 0 Å². The molecule has 1 heterocycles. The van der Waals surface area contributed by atoms with Crippen LogP contribution in [0.1, 0.15) is 45.1 Å². The van der Waals surface area contributed by atoms with E-state index in [1.807, 2.05) is 0 Å². The second-order valence-corrected chi connectivity index (χ2v) is 6.37. The van der Waals surface area contributed by atoms with Crippen molar-refractivity contribution in [3.63, 3.8) is 0 Å². The number of hydrogen-bond donors (Lipinski definition) is 1. The van der Waals surface area contributed by atoms with Crippen LogP contribution in [0.15, 0.2) is 36.5 Å². The summed E-state index contributed by atoms with van der Waals surface area (Å²) in [5.74, 6) is 0.855. The van der Waals surface area contributed by atoms with Gasteiger partial charge in [0.25, 0.3) is 0 Å². The number of aromatic amines is 1. The number of aromatic nitrogens is 2. The van der Waals surface area contributed by atoms with Gasteiger partial charge >= 0.3 is 0 Å². The van der Waals surface area contributed by atoms with Crippen LogP contribution in [0.4, 0.5) is 0 Å². The predicted molar refractivity (Wildman–Crippen MR) is 86.3 cm³/mol. The molecule has 0 saturated heterocycles. The predicted octanol–water partition coefficient (Wildman–Crippen LogP) is 5.35. The van der Waals surface area contributed by atoms with E-state index in [1.165, 1.54) is 43.4 Å². The van der Waals surface area contributed by atoms with E-state index >= 15 is 0 Å². The topological polar surface area (TPSA) is 20.7 Å². The van der Waals surface area contributed by atoms with Crippen molar-refractivity contribution < 1.29 is 0 Å². The zero-order chi connectivity index (χ0) is 13.9. The highest BCUT2D eigenvalue weighted by Crippen LogP contribution is 2.33. The molecule has 20 heavy (non-hydrogen) atoms. The Labute approximate surface area is 125 Å². The van der Waals surface area contributed by atoms with E-state index in [-0.39, 0.29) is 0 Å². The molecule has 3 rings (SSSR count). The molecule has 1 saturated carbocycles. The highest BCUT2D eigenvalue weighted by molar-refractivity contribution is 7.71. The molecule has 3 heteroatoms. The molecule has 2 aromatic rings. The number of nitrogens with zero attached hydrogens (tertiary/aromatic N) is 1. The molecule has 1 aliphatic carbocycles. The van der Waals surface area contributed by atoms with E-state index in [4.69, 9.17) is 12.2 Å². The Balaban J connectivity index is 1.97. The lowest BCUT2D eigenvalue weighted by molar-refractivity contribution is 0.432. The molecule has 0 bridgehead atoms. The maximum absolute atomic E-state index is 5.53. The third kappa shape index (κ3) is 2.73. The van der Waals surface area contributed by atoms with Crippen LogP contribution in [-0.4, -0.2) is 9.55 Å². The van der Waals surface area contributed by atoms with Gasteiger partial charge in [-0.1, -0.05) is 50.1 Å². The Kier molecular flexibility index (Phi) is 4.06. The first kappa shape index (κ1) is 13.6. The SMILES string of the molecule is CC1CCCC(n2c(-c3ccccc3)c[nH]c2=S)CC1. The summed E-state index contributed by atoms with van der Waals surface area (Å²) >= 11 is 5.53. The van der Waals surface area contributed by atoms with E-state index in [2.05, 4.69) is 53.0 Å². The summed E-state index contributed by atoms with van der Waals surface area (Å²) < 4.78 is 3.21. The van der Waals surface area contributed by atoms with Crippen molar-refractivity contribution in [2.24, 2.45) is 5.92 Å². The molecule has 106 valence electrons. The van der Waals surface area contributed by atoms with Crippen LogP contribution < -0.4 is 0 Å². The van der Waals surface area contributed by atoms with Gasteiger partial charge in [0.2, 0.25) is 0 Å². The number of rotatable bonds is 2. The Hall–Kier alpha value is -1.35. The van der Waals surface area contributed by atoms with Gasteiger partial charge in [-0.25, -0.2) is 0 Å². The highest BCUT2D eigenvalue weighted by Gasteiger charge is 2.20. The Morgan fingerprint density at radius 1 is 1.10 bits per heavy atom. The molecule has 1 aliphatic rings. The van der Waals surface area contributed by atoms with Gasteiger partial charge in [-0.15, -0.1) is 0 Å². The Bertz CT molecular complexity index is 611. The van der Waals surface area contributed by atoms with Gasteiger partial charge < -0.3 is 9.55 Å². The molecular weight excluding hydrogens is 264 g/mol. The zero-order valence-electron chi connectivity index (χ0n) is 12.0. The number of hydrogen-bond acceptors (Lipinski definition) is 1. The quantitative estimate of drug-likeness (QED) is 0.582. The molecule has 2 atom stereocenters. The Morgan fingerprint density at radius 2 is 1.90 bits per heavy atom. The maximum Gasteiger partial charge on any atom is 0.177 e. The van der Waals surface area contributed by atoms with Crippen LogP contribution >= 0.6 is 12.2 Å². The molecule has 1 fully saturated rings. The monoisotopic (exact) mass is 286 g/mol. The molecule has 1 aromatic carbocycles. The fourth-order valence-corrected chi connectivity index (χ4v) is 3.60. The fraction of sp³-hybridized carbons (Fsp3) is 0.471. The molecule has 1 N–H and O–H groups in total. The third-order valence-electron chi connectivity index (χ3n) is 4.47. The Morgan fingerprint density at radius 3 is 2.70 bits per heavy atom. The lowest BCUT2D eigenvalue weighted by atomic mass is 10.0. The van der Waals surface area contributed by atoms with E-state index < -0.39 is 0 Å². The molecule has 0 spiro atoms. The van der Waals surface area contributed by atoms with Gasteiger partial charge in [-0.05, 0) is 43.0 Å². The summed E-state index contributed by atoms with van der Waals surface area (Å²) in [6, 6.07) is 11.1. The second kappa shape index (κ2) is 5.96. The average Bonchev–Trinajstić information content (AvgIpc) is 2.72. The van der Waals surface area contributed by atoms with Gasteiger partial charge in [0.05, 0.1) is 5.69 Å². The van der Waals surface area contributed by atoms with Gasteiger partial charge in [-0.3, -0.25) is 0 Å². The summed E-state index contributed by atoms with van der Waals surface area (Å²) in [7, 11) is 0. The van der Waals surface area contributed by atoms with Crippen molar-refractivity contribution in [3.05, 3.63) is 41.3 Å². The lowest BCUT2D eigenvalue weighted by Crippen LogP contribution is -2.10. The normalized spacial score (nSPS) is 23.4. The van der Waals surface area contributed by atoms with Crippen LogP contribution in [0.2, 0.25) is 0 Å². The third-order valence-corrected chi connectivity index (χ3v) is 4.79. The summed E-state index contributed by atoms with van der Waals surface area (Å²) in [6.45, 7) is 2.37. The number of imidazole rings is 1. The van der Waals surface area contributed by atoms with Crippen molar-refractivity contribution >= 4 is 12.2 Å². The number of nitrogens with one attached hydrogen (secondary N) is 1. The molecule has 0 amide bonds. The van der Waals surface area contributed by atoms with Crippen molar-refractivity contribution in [2.45, 2.75) is 45.1 Å². The minimum atomic E-state index is 0.550. The average molecular weight is 286 g/mol. The van der Waals surface area contributed by atoms with Gasteiger partial charge in [-0.2, -0.15) is 0 Å². The van der Waals surface area contributed by atoms with Crippen molar-refractivity contribution in [3.8, 4) is 11.3 Å². The first-order chi connectivity index (χ1) is 9.75. The van der Waals surface area contributed by atoms with Crippen LogP contribution in [0.25, 0.3) is 11.3 Å². The van der Waals surface area contributed by atoms with Crippen LogP contribution in [0, 0.1) is 10.7 Å². The summed E-state index contributed by atoms with van der Waals surface area (Å²) in [6.07, 6.45) is 8.53. The fourth-order valence-electron chi connectivity index (χ4n) is 3.30. The molecule has 0 radical (unpaired) electrons. The largest absolute Gasteiger partial charge is 0.337 e. The van der Waals surface area contributed by atoms with Crippen LogP contribution in [0.3, 0.4) is 0 Å². The summed E-state index contributed by atoms with van der Waals surface area (Å²) in [4.78, 5) is 3.24. The van der Waals surface area contributed by atoms with Crippen molar-refractivity contribution in [1.82, 2.24) is 9.55 Å². The van der Waals surface area contributed by atoms with Crippen molar-refractivity contribution in [2.75, 3.05) is 0 Å². The molecule has 1 aromatic heterocycles. The van der Waals surface area contributed by atoms with E-state index in [1.54, 1.807) is 0 Å². The minimum Gasteiger partial charge on any atom is -0.337 e. The van der Waals surface area contributed by atoms with Crippen LogP contribution in [0.5, 0.6) is 0 Å². The zero-order valence-corrected chi connectivity index (χ0v) is 12.8. The maximum atomic E-state index is 5.53. The number of H-pyrrole nitrogens is 1. The number of benzene rings is 1. The highest BCUT2D eigenvalue weighted by atomic mass is 32.1. The first-order valence-corrected chi connectivity index (χ1v) is 8.02. The molecular formula is C17H22N2S. The summed E-state index contributed by atoms with van der Waals surface area (Å²) in [5.41, 5.74) is 2.48. The standard InChI is InChI=1S/C17H22N2S/c1-13-6-5-9-15(11-10-13)19-16(12-18-17(19)20)14-7-3-2-4-8-14/h2-4,7-8,12-13,15H,5-6,9-11H2,1H3,(H,18,20). The molecule has 0 aliphatic heterocycles.